The molecule has 0 bridgehead atoms. The van der Waals surface area contributed by atoms with Crippen LogP contribution in [0.15, 0.2) is 54.6 Å². The number of phenolic OH excluding ortho intramolecular Hbond substituents is 1. The molecule has 1 fully saturated rings. The molecule has 1 saturated carbocycles. The van der Waals surface area contributed by atoms with Crippen LogP contribution in [0.1, 0.15) is 65.8 Å². The van der Waals surface area contributed by atoms with Crippen molar-refractivity contribution in [2.45, 2.75) is 44.0 Å². The Morgan fingerprint density at radius 3 is 2.50 bits per heavy atom. The van der Waals surface area contributed by atoms with Gasteiger partial charge in [-0.25, -0.2) is 0 Å². The highest BCUT2D eigenvalue weighted by Crippen LogP contribution is 2.44. The number of fused-ring (bicyclic) bond motifs is 1. The Balaban J connectivity index is 1.43. The highest BCUT2D eigenvalue weighted by atomic mass is 16.7. The van der Waals surface area contributed by atoms with Crippen LogP contribution in [0.2, 0.25) is 0 Å². The molecule has 0 spiro atoms. The molecule has 0 saturated heterocycles. The van der Waals surface area contributed by atoms with Gasteiger partial charge in [0.05, 0.1) is 5.56 Å². The van der Waals surface area contributed by atoms with Gasteiger partial charge in [-0.15, -0.1) is 0 Å². The predicted molar refractivity (Wildman–Crippen MR) is 117 cm³/mol. The van der Waals surface area contributed by atoms with E-state index in [0.717, 1.165) is 29.0 Å². The summed E-state index contributed by atoms with van der Waals surface area (Å²) in [5, 5.41) is 38.8. The fraction of sp³-hybridized carbons (Fsp3) is 0.308. The molecule has 3 aliphatic carbocycles. The van der Waals surface area contributed by atoms with Gasteiger partial charge in [-0.05, 0) is 76.8 Å². The van der Waals surface area contributed by atoms with E-state index in [4.69, 9.17) is 0 Å². The van der Waals surface area contributed by atoms with E-state index in [1.807, 2.05) is 12.2 Å². The largest absolute Gasteiger partial charge is 0.508 e. The molecular weight excluding hydrogens is 376 g/mol. The number of rotatable bonds is 4. The van der Waals surface area contributed by atoms with Crippen molar-refractivity contribution >= 4 is 17.2 Å². The van der Waals surface area contributed by atoms with Crippen LogP contribution >= 0.6 is 0 Å². The maximum atomic E-state index is 9.70. The number of hydrogen-bond donors (Lipinski definition) is 4. The van der Waals surface area contributed by atoms with Crippen molar-refractivity contribution in [2.24, 2.45) is 5.92 Å². The van der Waals surface area contributed by atoms with Gasteiger partial charge in [-0.3, -0.25) is 0 Å². The van der Waals surface area contributed by atoms with Gasteiger partial charge >= 0.3 is 5.97 Å². The molecule has 30 heavy (non-hydrogen) atoms. The lowest BCUT2D eigenvalue weighted by Gasteiger charge is -2.19. The standard InChI is InChI=1S/C26H26O4/c27-21-9-12-24(25(15-21)26(28,29)30)20-6-5-17(14-20)18-7-10-23-19(13-18)8-11-22(23)16-3-1-2-4-16/h6-16,22,27-30H,1-5H2. The zero-order valence-electron chi connectivity index (χ0n) is 16.8. The van der Waals surface area contributed by atoms with Crippen molar-refractivity contribution in [1.82, 2.24) is 0 Å². The molecule has 3 aliphatic rings. The van der Waals surface area contributed by atoms with Crippen LogP contribution in [-0.2, 0) is 5.97 Å². The van der Waals surface area contributed by atoms with Gasteiger partial charge in [-0.2, -0.15) is 0 Å². The highest BCUT2D eigenvalue weighted by molar-refractivity contribution is 5.91. The fourth-order valence-corrected chi connectivity index (χ4v) is 5.24. The van der Waals surface area contributed by atoms with E-state index in [1.54, 1.807) is 6.07 Å². The summed E-state index contributed by atoms with van der Waals surface area (Å²) in [4.78, 5) is 0. The third-order valence-corrected chi connectivity index (χ3v) is 6.75. The summed E-state index contributed by atoms with van der Waals surface area (Å²) in [6.07, 6.45) is 14.7. The van der Waals surface area contributed by atoms with E-state index in [2.05, 4.69) is 30.4 Å². The van der Waals surface area contributed by atoms with E-state index in [9.17, 15) is 20.4 Å². The first-order valence-electron chi connectivity index (χ1n) is 10.6. The van der Waals surface area contributed by atoms with Gasteiger partial charge in [0.25, 0.3) is 0 Å². The molecule has 2 aromatic carbocycles. The number of aromatic hydroxyl groups is 1. The first-order valence-corrected chi connectivity index (χ1v) is 10.6. The lowest BCUT2D eigenvalue weighted by molar-refractivity contribution is -0.324. The zero-order valence-corrected chi connectivity index (χ0v) is 16.8. The van der Waals surface area contributed by atoms with Crippen LogP contribution in [0, 0.1) is 5.92 Å². The Labute approximate surface area is 176 Å². The van der Waals surface area contributed by atoms with Crippen LogP contribution in [0.25, 0.3) is 17.2 Å². The zero-order chi connectivity index (χ0) is 20.9. The number of aliphatic hydroxyl groups is 3. The monoisotopic (exact) mass is 402 g/mol. The Morgan fingerprint density at radius 2 is 1.73 bits per heavy atom. The first kappa shape index (κ1) is 19.3. The molecule has 154 valence electrons. The molecule has 0 radical (unpaired) electrons. The molecule has 1 unspecified atom stereocenters. The molecule has 1 atom stereocenters. The Bertz CT molecular complexity index is 1080. The highest BCUT2D eigenvalue weighted by Gasteiger charge is 2.30. The summed E-state index contributed by atoms with van der Waals surface area (Å²) >= 11 is 0. The minimum atomic E-state index is -3.01. The van der Waals surface area contributed by atoms with Crippen molar-refractivity contribution in [3.63, 3.8) is 0 Å². The third kappa shape index (κ3) is 3.41. The van der Waals surface area contributed by atoms with Crippen LogP contribution < -0.4 is 0 Å². The third-order valence-electron chi connectivity index (χ3n) is 6.75. The minimum absolute atomic E-state index is 0.137. The predicted octanol–water partition coefficient (Wildman–Crippen LogP) is 4.65. The topological polar surface area (TPSA) is 80.9 Å². The second-order valence-corrected chi connectivity index (χ2v) is 8.67. The van der Waals surface area contributed by atoms with Crippen LogP contribution in [-0.4, -0.2) is 20.4 Å². The molecule has 4 nitrogen and oxygen atoms in total. The van der Waals surface area contributed by atoms with Crippen LogP contribution in [0.4, 0.5) is 0 Å². The first-order chi connectivity index (χ1) is 14.4. The van der Waals surface area contributed by atoms with Crippen LogP contribution in [0.3, 0.4) is 0 Å². The molecule has 0 aromatic heterocycles. The molecule has 2 aromatic rings. The van der Waals surface area contributed by atoms with Gasteiger partial charge in [-0.1, -0.05) is 55.3 Å². The van der Waals surface area contributed by atoms with E-state index in [1.165, 1.54) is 48.9 Å². The number of phenols is 1. The quantitative estimate of drug-likeness (QED) is 0.561. The van der Waals surface area contributed by atoms with Crippen molar-refractivity contribution in [3.8, 4) is 5.75 Å². The molecule has 0 heterocycles. The molecule has 0 amide bonds. The van der Waals surface area contributed by atoms with Gasteiger partial charge < -0.3 is 20.4 Å². The Morgan fingerprint density at radius 1 is 0.933 bits per heavy atom. The normalized spacial score (nSPS) is 21.1. The summed E-state index contributed by atoms with van der Waals surface area (Å²) in [6.45, 7) is 0. The average Bonchev–Trinajstić information content (AvgIpc) is 3.46. The SMILES string of the molecule is Oc1ccc(C2=CCC(c3ccc4c(c3)C=CC4C3CCCC3)=C2)c(C(O)(O)O)c1. The van der Waals surface area contributed by atoms with Crippen molar-refractivity contribution in [3.05, 3.63) is 82.4 Å². The van der Waals surface area contributed by atoms with E-state index in [-0.39, 0.29) is 11.3 Å². The van der Waals surface area contributed by atoms with Gasteiger partial charge in [0.2, 0.25) is 0 Å². The summed E-state index contributed by atoms with van der Waals surface area (Å²) in [6, 6.07) is 10.9. The molecule has 4 heteroatoms. The Hall–Kier alpha value is -2.66. The molecule has 0 aliphatic heterocycles. The van der Waals surface area contributed by atoms with Gasteiger partial charge in [0.1, 0.15) is 5.75 Å². The smallest absolute Gasteiger partial charge is 0.305 e. The lowest BCUT2D eigenvalue weighted by Crippen LogP contribution is -2.25. The maximum absolute atomic E-state index is 9.70. The second-order valence-electron chi connectivity index (χ2n) is 8.67. The van der Waals surface area contributed by atoms with Crippen molar-refractivity contribution in [1.29, 1.82) is 0 Å². The number of benzene rings is 2. The summed E-state index contributed by atoms with van der Waals surface area (Å²) in [5.41, 5.74) is 6.17. The van der Waals surface area contributed by atoms with E-state index in [0.29, 0.717) is 11.5 Å². The van der Waals surface area contributed by atoms with E-state index >= 15 is 0 Å². The van der Waals surface area contributed by atoms with Crippen LogP contribution in [0.5, 0.6) is 5.75 Å². The van der Waals surface area contributed by atoms with Gasteiger partial charge in [0.15, 0.2) is 0 Å². The van der Waals surface area contributed by atoms with E-state index < -0.39 is 5.97 Å². The minimum Gasteiger partial charge on any atom is -0.508 e. The Kier molecular flexibility index (Phi) is 4.66. The summed E-state index contributed by atoms with van der Waals surface area (Å²) in [5.74, 6) is -1.83. The molecule has 4 N–H and O–H groups in total. The molecule has 5 rings (SSSR count). The van der Waals surface area contributed by atoms with Gasteiger partial charge in [0, 0.05) is 5.92 Å². The summed E-state index contributed by atoms with van der Waals surface area (Å²) < 4.78 is 0. The van der Waals surface area contributed by atoms with Crippen molar-refractivity contribution in [2.75, 3.05) is 0 Å². The van der Waals surface area contributed by atoms with Crippen molar-refractivity contribution < 1.29 is 20.4 Å². The number of allylic oxidation sites excluding steroid dienone is 5. The number of hydrogen-bond acceptors (Lipinski definition) is 4. The fourth-order valence-electron chi connectivity index (χ4n) is 5.24. The second kappa shape index (κ2) is 7.24. The maximum Gasteiger partial charge on any atom is 0.305 e. The summed E-state index contributed by atoms with van der Waals surface area (Å²) in [7, 11) is 0. The average molecular weight is 402 g/mol. The molecular formula is C26H26O4. The lowest BCUT2D eigenvalue weighted by atomic mass is 9.86.